The van der Waals surface area contributed by atoms with Gasteiger partial charge in [0, 0.05) is 17.8 Å². The molecule has 1 fully saturated rings. The number of rotatable bonds is 4. The third-order valence-corrected chi connectivity index (χ3v) is 4.34. The molecule has 0 saturated heterocycles. The zero-order chi connectivity index (χ0) is 16.1. The maximum absolute atomic E-state index is 13.7. The molecule has 4 nitrogen and oxygen atoms in total. The highest BCUT2D eigenvalue weighted by Crippen LogP contribution is 2.17. The van der Waals surface area contributed by atoms with Crippen LogP contribution in [0.5, 0.6) is 0 Å². The molecule has 122 valence electrons. The van der Waals surface area contributed by atoms with E-state index in [1.165, 1.54) is 38.2 Å². The van der Waals surface area contributed by atoms with Crippen molar-refractivity contribution in [3.8, 4) is 0 Å². The third kappa shape index (κ3) is 4.51. The zero-order valence-corrected chi connectivity index (χ0v) is 13.8. The standard InChI is InChI=1S/C17H21FN4S/c18-16-9-5-4-6-13(16)11-22-12-15(10-19-22)21-17(23)20-14-7-2-1-3-8-14/h4-6,9-10,12,14H,1-3,7-8,11H2,(H2,20,21,23). The number of thiocarbonyl (C=S) groups is 1. The maximum Gasteiger partial charge on any atom is 0.171 e. The Hall–Kier alpha value is -1.95. The molecule has 0 aliphatic heterocycles. The summed E-state index contributed by atoms with van der Waals surface area (Å²) in [6, 6.07) is 7.20. The molecule has 2 aromatic rings. The number of hydrogen-bond donors (Lipinski definition) is 2. The summed E-state index contributed by atoms with van der Waals surface area (Å²) in [6.07, 6.45) is 9.74. The van der Waals surface area contributed by atoms with E-state index in [1.54, 1.807) is 23.0 Å². The van der Waals surface area contributed by atoms with Gasteiger partial charge in [0.05, 0.1) is 18.4 Å². The number of anilines is 1. The highest BCUT2D eigenvalue weighted by molar-refractivity contribution is 7.80. The van der Waals surface area contributed by atoms with Crippen LogP contribution in [0.3, 0.4) is 0 Å². The lowest BCUT2D eigenvalue weighted by Crippen LogP contribution is -2.38. The van der Waals surface area contributed by atoms with E-state index in [-0.39, 0.29) is 5.82 Å². The first-order valence-corrected chi connectivity index (χ1v) is 8.45. The van der Waals surface area contributed by atoms with Gasteiger partial charge in [0.25, 0.3) is 0 Å². The van der Waals surface area contributed by atoms with Crippen molar-refractivity contribution in [3.05, 3.63) is 48.0 Å². The Morgan fingerprint density at radius 3 is 2.83 bits per heavy atom. The zero-order valence-electron chi connectivity index (χ0n) is 13.0. The van der Waals surface area contributed by atoms with E-state index in [0.29, 0.717) is 23.3 Å². The van der Waals surface area contributed by atoms with Crippen molar-refractivity contribution in [1.29, 1.82) is 0 Å². The highest BCUT2D eigenvalue weighted by atomic mass is 32.1. The van der Waals surface area contributed by atoms with Gasteiger partial charge < -0.3 is 10.6 Å². The summed E-state index contributed by atoms with van der Waals surface area (Å²) in [5.74, 6) is -0.216. The van der Waals surface area contributed by atoms with Crippen molar-refractivity contribution in [2.45, 2.75) is 44.7 Å². The van der Waals surface area contributed by atoms with Crippen LogP contribution in [-0.2, 0) is 6.54 Å². The third-order valence-electron chi connectivity index (χ3n) is 4.12. The minimum atomic E-state index is -0.216. The van der Waals surface area contributed by atoms with Crippen molar-refractivity contribution in [1.82, 2.24) is 15.1 Å². The molecule has 0 radical (unpaired) electrons. The molecule has 0 bridgehead atoms. The normalized spacial score (nSPS) is 15.3. The molecular formula is C17H21FN4S. The lowest BCUT2D eigenvalue weighted by Gasteiger charge is -2.24. The van der Waals surface area contributed by atoms with Crippen molar-refractivity contribution in [2.24, 2.45) is 0 Å². The van der Waals surface area contributed by atoms with Crippen molar-refractivity contribution < 1.29 is 4.39 Å². The molecule has 1 heterocycles. The van der Waals surface area contributed by atoms with E-state index >= 15 is 0 Å². The Balaban J connectivity index is 1.54. The molecular weight excluding hydrogens is 311 g/mol. The van der Waals surface area contributed by atoms with E-state index in [1.807, 2.05) is 12.3 Å². The second kappa shape index (κ2) is 7.55. The fourth-order valence-electron chi connectivity index (χ4n) is 2.92. The topological polar surface area (TPSA) is 41.9 Å². The summed E-state index contributed by atoms with van der Waals surface area (Å²) >= 11 is 5.36. The van der Waals surface area contributed by atoms with Gasteiger partial charge in [-0.2, -0.15) is 5.10 Å². The number of halogens is 1. The van der Waals surface area contributed by atoms with Crippen molar-refractivity contribution >= 4 is 23.0 Å². The molecule has 1 aliphatic rings. The van der Waals surface area contributed by atoms with Crippen LogP contribution in [0.15, 0.2) is 36.7 Å². The molecule has 1 saturated carbocycles. The second-order valence-corrected chi connectivity index (χ2v) is 6.36. The van der Waals surface area contributed by atoms with Gasteiger partial charge in [-0.05, 0) is 31.1 Å². The number of nitrogens with one attached hydrogen (secondary N) is 2. The first-order valence-electron chi connectivity index (χ1n) is 8.04. The Kier molecular flexibility index (Phi) is 5.23. The first kappa shape index (κ1) is 15.9. The lowest BCUT2D eigenvalue weighted by atomic mass is 9.96. The van der Waals surface area contributed by atoms with Gasteiger partial charge in [0.2, 0.25) is 0 Å². The highest BCUT2D eigenvalue weighted by Gasteiger charge is 2.14. The van der Waals surface area contributed by atoms with Crippen LogP contribution in [0, 0.1) is 5.82 Å². The number of benzene rings is 1. The fourth-order valence-corrected chi connectivity index (χ4v) is 3.20. The van der Waals surface area contributed by atoms with Crippen LogP contribution in [0.1, 0.15) is 37.7 Å². The summed E-state index contributed by atoms with van der Waals surface area (Å²) in [5.41, 5.74) is 1.43. The van der Waals surface area contributed by atoms with Crippen LogP contribution in [0.25, 0.3) is 0 Å². The SMILES string of the molecule is Fc1ccccc1Cn1cc(NC(=S)NC2CCCCC2)cn1. The molecule has 0 spiro atoms. The minimum absolute atomic E-state index is 0.216. The van der Waals surface area contributed by atoms with Gasteiger partial charge in [-0.1, -0.05) is 37.5 Å². The summed E-state index contributed by atoms with van der Waals surface area (Å²) in [5, 5.41) is 11.4. The summed E-state index contributed by atoms with van der Waals surface area (Å²) < 4.78 is 15.4. The van der Waals surface area contributed by atoms with Crippen molar-refractivity contribution in [3.63, 3.8) is 0 Å². The molecule has 0 unspecified atom stereocenters. The largest absolute Gasteiger partial charge is 0.360 e. The lowest BCUT2D eigenvalue weighted by molar-refractivity contribution is 0.415. The van der Waals surface area contributed by atoms with Crippen LogP contribution >= 0.6 is 12.2 Å². The van der Waals surface area contributed by atoms with Crippen LogP contribution in [0.2, 0.25) is 0 Å². The molecule has 0 atom stereocenters. The molecule has 0 amide bonds. The quantitative estimate of drug-likeness (QED) is 0.838. The van der Waals surface area contributed by atoms with E-state index in [4.69, 9.17) is 12.2 Å². The number of nitrogens with zero attached hydrogens (tertiary/aromatic N) is 2. The number of aromatic nitrogens is 2. The predicted octanol–water partition coefficient (Wildman–Crippen LogP) is 3.69. The molecule has 23 heavy (non-hydrogen) atoms. The second-order valence-electron chi connectivity index (χ2n) is 5.95. The smallest absolute Gasteiger partial charge is 0.171 e. The molecule has 1 aromatic heterocycles. The Morgan fingerprint density at radius 1 is 1.26 bits per heavy atom. The summed E-state index contributed by atoms with van der Waals surface area (Å²) in [7, 11) is 0. The van der Waals surface area contributed by atoms with E-state index < -0.39 is 0 Å². The first-order chi connectivity index (χ1) is 11.2. The molecule has 1 aliphatic carbocycles. The maximum atomic E-state index is 13.7. The van der Waals surface area contributed by atoms with Gasteiger partial charge in [-0.25, -0.2) is 4.39 Å². The van der Waals surface area contributed by atoms with Crippen LogP contribution in [0.4, 0.5) is 10.1 Å². The summed E-state index contributed by atoms with van der Waals surface area (Å²) in [6.45, 7) is 0.400. The van der Waals surface area contributed by atoms with Crippen LogP contribution < -0.4 is 10.6 Å². The van der Waals surface area contributed by atoms with Gasteiger partial charge >= 0.3 is 0 Å². The van der Waals surface area contributed by atoms with Crippen LogP contribution in [-0.4, -0.2) is 20.9 Å². The minimum Gasteiger partial charge on any atom is -0.360 e. The molecule has 3 rings (SSSR count). The Morgan fingerprint density at radius 2 is 2.04 bits per heavy atom. The average Bonchev–Trinajstić information content (AvgIpc) is 2.97. The van der Waals surface area contributed by atoms with Gasteiger partial charge in [-0.15, -0.1) is 0 Å². The van der Waals surface area contributed by atoms with E-state index in [9.17, 15) is 4.39 Å². The Labute approximate surface area is 141 Å². The van der Waals surface area contributed by atoms with E-state index in [2.05, 4.69) is 15.7 Å². The van der Waals surface area contributed by atoms with Gasteiger partial charge in [0.15, 0.2) is 5.11 Å². The predicted molar refractivity (Wildman–Crippen MR) is 94.0 cm³/mol. The van der Waals surface area contributed by atoms with Crippen molar-refractivity contribution in [2.75, 3.05) is 5.32 Å². The molecule has 1 aromatic carbocycles. The van der Waals surface area contributed by atoms with E-state index in [0.717, 1.165) is 5.69 Å². The Bertz CT molecular complexity index is 664. The summed E-state index contributed by atoms with van der Waals surface area (Å²) in [4.78, 5) is 0. The van der Waals surface area contributed by atoms with Gasteiger partial charge in [0.1, 0.15) is 5.82 Å². The molecule has 6 heteroatoms. The fraction of sp³-hybridized carbons (Fsp3) is 0.412. The average molecular weight is 332 g/mol. The molecule has 2 N–H and O–H groups in total. The van der Waals surface area contributed by atoms with Gasteiger partial charge in [-0.3, -0.25) is 4.68 Å². The number of hydrogen-bond acceptors (Lipinski definition) is 2. The monoisotopic (exact) mass is 332 g/mol.